The van der Waals surface area contributed by atoms with Gasteiger partial charge in [0, 0.05) is 4.75 Å². The van der Waals surface area contributed by atoms with Crippen LogP contribution < -0.4 is 0 Å². The lowest BCUT2D eigenvalue weighted by Crippen LogP contribution is -2.30. The zero-order valence-corrected chi connectivity index (χ0v) is 10.6. The average molecular weight is 222 g/mol. The molecule has 0 aromatic rings. The van der Waals surface area contributed by atoms with E-state index in [1.807, 2.05) is 0 Å². The smallest absolute Gasteiger partial charge is 0.0166 e. The van der Waals surface area contributed by atoms with E-state index in [4.69, 9.17) is 0 Å². The van der Waals surface area contributed by atoms with Crippen LogP contribution >= 0.6 is 11.8 Å². The molecule has 0 aromatic heterocycles. The van der Waals surface area contributed by atoms with Gasteiger partial charge in [0.05, 0.1) is 0 Å². The Morgan fingerprint density at radius 3 is 2.60 bits per heavy atom. The topological polar surface area (TPSA) is 0 Å². The maximum absolute atomic E-state index is 4.02. The van der Waals surface area contributed by atoms with Gasteiger partial charge in [-0.15, -0.1) is 13.2 Å². The van der Waals surface area contributed by atoms with Crippen LogP contribution in [0.1, 0.15) is 32.6 Å². The quantitative estimate of drug-likeness (QED) is 0.642. The summed E-state index contributed by atoms with van der Waals surface area (Å²) in [6.07, 6.45) is 9.77. The van der Waals surface area contributed by atoms with E-state index in [1.165, 1.54) is 31.4 Å². The molecule has 15 heavy (non-hydrogen) atoms. The summed E-state index contributed by atoms with van der Waals surface area (Å²) in [6, 6.07) is 0. The van der Waals surface area contributed by atoms with Gasteiger partial charge in [0.15, 0.2) is 0 Å². The van der Waals surface area contributed by atoms with Crippen molar-refractivity contribution < 1.29 is 0 Å². The molecular weight excluding hydrogens is 200 g/mol. The van der Waals surface area contributed by atoms with Gasteiger partial charge in [0.1, 0.15) is 0 Å². The third-order valence-corrected chi connectivity index (χ3v) is 5.98. The van der Waals surface area contributed by atoms with Crippen molar-refractivity contribution in [3.8, 4) is 0 Å². The normalized spacial score (nSPS) is 45.5. The van der Waals surface area contributed by atoms with Crippen molar-refractivity contribution in [2.75, 3.05) is 5.75 Å². The molecule has 0 radical (unpaired) electrons. The third-order valence-electron chi connectivity index (χ3n) is 4.32. The van der Waals surface area contributed by atoms with Crippen molar-refractivity contribution in [2.24, 2.45) is 17.8 Å². The van der Waals surface area contributed by atoms with Crippen molar-refractivity contribution in [3.05, 3.63) is 25.3 Å². The van der Waals surface area contributed by atoms with Crippen LogP contribution in [0.2, 0.25) is 0 Å². The SMILES string of the molecule is C=CC1CC(C=C)C(C2(C)CCCS2)C1. The minimum absolute atomic E-state index is 0.524. The lowest BCUT2D eigenvalue weighted by Gasteiger charge is -2.33. The molecule has 1 aliphatic carbocycles. The molecule has 2 aliphatic rings. The highest BCUT2D eigenvalue weighted by Gasteiger charge is 2.45. The van der Waals surface area contributed by atoms with Crippen LogP contribution in [-0.4, -0.2) is 10.5 Å². The van der Waals surface area contributed by atoms with Crippen molar-refractivity contribution in [2.45, 2.75) is 37.4 Å². The molecule has 1 aliphatic heterocycles. The predicted molar refractivity (Wildman–Crippen MR) is 70.2 cm³/mol. The highest BCUT2D eigenvalue weighted by molar-refractivity contribution is 8.00. The average Bonchev–Trinajstić information content (AvgIpc) is 2.84. The maximum Gasteiger partial charge on any atom is 0.0166 e. The van der Waals surface area contributed by atoms with Gasteiger partial charge >= 0.3 is 0 Å². The van der Waals surface area contributed by atoms with Crippen molar-refractivity contribution in [1.29, 1.82) is 0 Å². The first-order valence-corrected chi connectivity index (χ1v) is 7.07. The maximum atomic E-state index is 4.02. The molecule has 4 unspecified atom stereocenters. The van der Waals surface area contributed by atoms with Crippen molar-refractivity contribution >= 4 is 11.8 Å². The lowest BCUT2D eigenvalue weighted by molar-refractivity contribution is 0.343. The summed E-state index contributed by atoms with van der Waals surface area (Å²) in [4.78, 5) is 0. The highest BCUT2D eigenvalue weighted by Crippen LogP contribution is 2.53. The Kier molecular flexibility index (Phi) is 3.30. The fourth-order valence-corrected chi connectivity index (χ4v) is 4.89. The van der Waals surface area contributed by atoms with E-state index in [-0.39, 0.29) is 0 Å². The summed E-state index contributed by atoms with van der Waals surface area (Å²) >= 11 is 2.19. The van der Waals surface area contributed by atoms with E-state index >= 15 is 0 Å². The fraction of sp³-hybridized carbons (Fsp3) is 0.714. The first kappa shape index (κ1) is 11.3. The van der Waals surface area contributed by atoms with E-state index in [0.29, 0.717) is 4.75 Å². The van der Waals surface area contributed by atoms with E-state index in [9.17, 15) is 0 Å². The number of rotatable bonds is 3. The molecule has 0 spiro atoms. The van der Waals surface area contributed by atoms with Crippen molar-refractivity contribution in [3.63, 3.8) is 0 Å². The molecule has 1 saturated carbocycles. The zero-order valence-electron chi connectivity index (χ0n) is 9.74. The summed E-state index contributed by atoms with van der Waals surface area (Å²) in [5, 5.41) is 0. The molecular formula is C14H22S. The lowest BCUT2D eigenvalue weighted by atomic mass is 9.82. The number of allylic oxidation sites excluding steroid dienone is 2. The summed E-state index contributed by atoms with van der Waals surface area (Å²) in [6.45, 7) is 10.4. The van der Waals surface area contributed by atoms with Gasteiger partial charge in [-0.2, -0.15) is 11.8 Å². The van der Waals surface area contributed by atoms with Gasteiger partial charge in [0.2, 0.25) is 0 Å². The monoisotopic (exact) mass is 222 g/mol. The Morgan fingerprint density at radius 2 is 2.07 bits per heavy atom. The van der Waals surface area contributed by atoms with Gasteiger partial charge in [0.25, 0.3) is 0 Å². The van der Waals surface area contributed by atoms with Crippen LogP contribution in [0, 0.1) is 17.8 Å². The van der Waals surface area contributed by atoms with Crippen molar-refractivity contribution in [1.82, 2.24) is 0 Å². The second-order valence-corrected chi connectivity index (χ2v) is 6.87. The second-order valence-electron chi connectivity index (χ2n) is 5.24. The molecule has 0 nitrogen and oxygen atoms in total. The zero-order chi connectivity index (χ0) is 10.9. The van der Waals surface area contributed by atoms with Crippen LogP contribution in [0.5, 0.6) is 0 Å². The largest absolute Gasteiger partial charge is 0.155 e. The molecule has 2 fully saturated rings. The molecule has 1 saturated heterocycles. The minimum Gasteiger partial charge on any atom is -0.155 e. The van der Waals surface area contributed by atoms with Crippen LogP contribution in [0.15, 0.2) is 25.3 Å². The van der Waals surface area contributed by atoms with Gasteiger partial charge in [-0.1, -0.05) is 19.1 Å². The van der Waals surface area contributed by atoms with E-state index in [2.05, 4.69) is 44.0 Å². The molecule has 0 aromatic carbocycles. The van der Waals surface area contributed by atoms with Gasteiger partial charge < -0.3 is 0 Å². The summed E-state index contributed by atoms with van der Waals surface area (Å²) in [7, 11) is 0. The third kappa shape index (κ3) is 2.04. The van der Waals surface area contributed by atoms with Crippen LogP contribution in [0.3, 0.4) is 0 Å². The molecule has 0 amide bonds. The first-order valence-electron chi connectivity index (χ1n) is 6.08. The fourth-order valence-electron chi connectivity index (χ4n) is 3.36. The van der Waals surface area contributed by atoms with E-state index in [1.54, 1.807) is 0 Å². The Balaban J connectivity index is 2.13. The first-order chi connectivity index (χ1) is 7.19. The molecule has 0 bridgehead atoms. The molecule has 1 heterocycles. The number of hydrogen-bond donors (Lipinski definition) is 0. The molecule has 1 heteroatoms. The summed E-state index contributed by atoms with van der Waals surface area (Å²) < 4.78 is 0.524. The Labute approximate surface area is 98.2 Å². The van der Waals surface area contributed by atoms with E-state index in [0.717, 1.165) is 17.8 Å². The molecule has 0 N–H and O–H groups in total. The second kappa shape index (κ2) is 4.37. The Hall–Kier alpha value is -0.170. The van der Waals surface area contributed by atoms with Crippen LogP contribution in [-0.2, 0) is 0 Å². The predicted octanol–water partition coefficient (Wildman–Crippen LogP) is 4.29. The standard InChI is InChI=1S/C14H22S/c1-4-11-9-12(5-2)13(10-11)14(3)7-6-8-15-14/h4-5,11-13H,1-2,6-10H2,3H3. The molecule has 2 rings (SSSR count). The van der Waals surface area contributed by atoms with Gasteiger partial charge in [-0.3, -0.25) is 0 Å². The van der Waals surface area contributed by atoms with Crippen LogP contribution in [0.25, 0.3) is 0 Å². The minimum atomic E-state index is 0.524. The molecule has 4 atom stereocenters. The Bertz CT molecular complexity index is 250. The highest BCUT2D eigenvalue weighted by atomic mass is 32.2. The number of thioether (sulfide) groups is 1. The Morgan fingerprint density at radius 1 is 1.27 bits per heavy atom. The van der Waals surface area contributed by atoms with Gasteiger partial charge in [-0.25, -0.2) is 0 Å². The van der Waals surface area contributed by atoms with Crippen LogP contribution in [0.4, 0.5) is 0 Å². The molecule has 84 valence electrons. The summed E-state index contributed by atoms with van der Waals surface area (Å²) in [5.41, 5.74) is 0. The number of hydrogen-bond acceptors (Lipinski definition) is 1. The summed E-state index contributed by atoms with van der Waals surface area (Å²) in [5.74, 6) is 3.65. The van der Waals surface area contributed by atoms with Gasteiger partial charge in [-0.05, 0) is 49.2 Å². The van der Waals surface area contributed by atoms with E-state index < -0.39 is 0 Å².